The standard InChI is InChI=1S/C45H28N4Si/c46-29-32-20-23-45-43(26-32)42-18-10-11-19-44(42)49(45)36-25-33(30-47)24-34(27-36)41-22-21-40(28-35(41)31-48)50(37-12-4-1-5-13-37,38-14-6-2-7-15-38)39-16-8-3-9-17-39/h1-28H. The molecule has 0 saturated heterocycles. The van der Waals surface area contributed by atoms with Crippen molar-refractivity contribution in [2.45, 2.75) is 0 Å². The second-order valence-electron chi connectivity index (χ2n) is 12.3. The molecule has 0 amide bonds. The van der Waals surface area contributed by atoms with Gasteiger partial charge in [-0.15, -0.1) is 0 Å². The maximum absolute atomic E-state index is 10.8. The van der Waals surface area contributed by atoms with Crippen LogP contribution in [0.2, 0.25) is 0 Å². The summed E-state index contributed by atoms with van der Waals surface area (Å²) >= 11 is 0. The number of nitriles is 3. The van der Waals surface area contributed by atoms with Crippen molar-refractivity contribution in [3.63, 3.8) is 0 Å². The van der Waals surface area contributed by atoms with Gasteiger partial charge in [-0.2, -0.15) is 15.8 Å². The molecule has 0 aliphatic carbocycles. The number of benzene rings is 7. The summed E-state index contributed by atoms with van der Waals surface area (Å²) in [6.45, 7) is 0. The third kappa shape index (κ3) is 4.88. The van der Waals surface area contributed by atoms with Crippen LogP contribution in [-0.4, -0.2) is 12.6 Å². The molecular weight excluding hydrogens is 625 g/mol. The van der Waals surface area contributed by atoms with Gasteiger partial charge in [0, 0.05) is 16.5 Å². The number of rotatable bonds is 6. The van der Waals surface area contributed by atoms with E-state index < -0.39 is 8.07 Å². The number of aromatic nitrogens is 1. The molecule has 0 unspecified atom stereocenters. The fourth-order valence-corrected chi connectivity index (χ4v) is 12.2. The molecule has 0 atom stereocenters. The molecule has 0 fully saturated rings. The normalized spacial score (nSPS) is 11.1. The fourth-order valence-electron chi connectivity index (χ4n) is 7.47. The van der Waals surface area contributed by atoms with Crippen LogP contribution < -0.4 is 20.7 Å². The number of hydrogen-bond donors (Lipinski definition) is 0. The highest BCUT2D eigenvalue weighted by Crippen LogP contribution is 2.35. The minimum Gasteiger partial charge on any atom is -0.309 e. The Morgan fingerprint density at radius 1 is 0.420 bits per heavy atom. The molecule has 0 bridgehead atoms. The van der Waals surface area contributed by atoms with E-state index in [1.165, 1.54) is 15.6 Å². The van der Waals surface area contributed by atoms with Crippen LogP contribution in [0.25, 0.3) is 38.6 Å². The largest absolute Gasteiger partial charge is 0.309 e. The summed E-state index contributed by atoms with van der Waals surface area (Å²) in [6.07, 6.45) is 0. The van der Waals surface area contributed by atoms with Gasteiger partial charge in [-0.3, -0.25) is 0 Å². The Balaban J connectivity index is 1.37. The first-order valence-corrected chi connectivity index (χ1v) is 18.4. The molecular formula is C45H28N4Si. The zero-order valence-electron chi connectivity index (χ0n) is 27.0. The van der Waals surface area contributed by atoms with Gasteiger partial charge in [0.2, 0.25) is 0 Å². The minimum absolute atomic E-state index is 0.492. The van der Waals surface area contributed by atoms with Gasteiger partial charge in [0.15, 0.2) is 8.07 Å². The molecule has 0 aliphatic heterocycles. The molecule has 0 radical (unpaired) electrons. The molecule has 0 aliphatic rings. The number of hydrogen-bond acceptors (Lipinski definition) is 3. The monoisotopic (exact) mass is 652 g/mol. The first-order chi connectivity index (χ1) is 24.6. The third-order valence-corrected chi connectivity index (χ3v) is 14.4. The Morgan fingerprint density at radius 3 is 1.60 bits per heavy atom. The van der Waals surface area contributed by atoms with Gasteiger partial charge in [0.25, 0.3) is 0 Å². The van der Waals surface area contributed by atoms with Crippen LogP contribution >= 0.6 is 0 Å². The molecule has 8 rings (SSSR count). The average molecular weight is 653 g/mol. The predicted octanol–water partition coefficient (Wildman–Crippen LogP) is 7.44. The second-order valence-corrected chi connectivity index (χ2v) is 16.1. The summed E-state index contributed by atoms with van der Waals surface area (Å²) in [5.41, 5.74) is 5.89. The van der Waals surface area contributed by atoms with Gasteiger partial charge >= 0.3 is 0 Å². The Bertz CT molecular complexity index is 2580. The highest BCUT2D eigenvalue weighted by Gasteiger charge is 2.41. The predicted molar refractivity (Wildman–Crippen MR) is 204 cm³/mol. The van der Waals surface area contributed by atoms with Crippen molar-refractivity contribution in [3.05, 3.63) is 187 Å². The van der Waals surface area contributed by atoms with Crippen LogP contribution in [-0.2, 0) is 0 Å². The molecule has 8 aromatic rings. The van der Waals surface area contributed by atoms with E-state index in [9.17, 15) is 15.8 Å². The molecule has 1 aromatic heterocycles. The van der Waals surface area contributed by atoms with E-state index in [-0.39, 0.29) is 0 Å². The van der Waals surface area contributed by atoms with Crippen molar-refractivity contribution >= 4 is 50.6 Å². The van der Waals surface area contributed by atoms with Crippen LogP contribution in [0.15, 0.2) is 170 Å². The minimum atomic E-state index is -2.84. The molecule has 232 valence electrons. The van der Waals surface area contributed by atoms with Crippen LogP contribution in [0.1, 0.15) is 16.7 Å². The molecule has 4 nitrogen and oxygen atoms in total. The molecule has 0 spiro atoms. The first-order valence-electron chi connectivity index (χ1n) is 16.4. The van der Waals surface area contributed by atoms with E-state index >= 15 is 0 Å². The Labute approximate surface area is 291 Å². The summed E-state index contributed by atoms with van der Waals surface area (Å²) in [5.74, 6) is 0. The summed E-state index contributed by atoms with van der Waals surface area (Å²) < 4.78 is 2.13. The summed E-state index contributed by atoms with van der Waals surface area (Å²) in [7, 11) is -2.84. The van der Waals surface area contributed by atoms with Crippen LogP contribution in [0.5, 0.6) is 0 Å². The summed E-state index contributed by atoms with van der Waals surface area (Å²) in [6, 6.07) is 64.9. The van der Waals surface area contributed by atoms with Crippen molar-refractivity contribution in [3.8, 4) is 35.0 Å². The van der Waals surface area contributed by atoms with Gasteiger partial charge in [0.05, 0.1) is 45.9 Å². The third-order valence-electron chi connectivity index (χ3n) is 9.61. The van der Waals surface area contributed by atoms with E-state index in [1.54, 1.807) is 0 Å². The molecule has 0 N–H and O–H groups in total. The Morgan fingerprint density at radius 2 is 1.00 bits per heavy atom. The van der Waals surface area contributed by atoms with Crippen molar-refractivity contribution in [2.75, 3.05) is 0 Å². The van der Waals surface area contributed by atoms with E-state index in [4.69, 9.17) is 0 Å². The number of fused-ring (bicyclic) bond motifs is 3. The molecule has 0 saturated carbocycles. The lowest BCUT2D eigenvalue weighted by atomic mass is 9.98. The van der Waals surface area contributed by atoms with Crippen molar-refractivity contribution in [2.24, 2.45) is 0 Å². The topological polar surface area (TPSA) is 76.3 Å². The van der Waals surface area contributed by atoms with Crippen molar-refractivity contribution < 1.29 is 0 Å². The van der Waals surface area contributed by atoms with Gasteiger partial charge in [-0.05, 0) is 80.4 Å². The van der Waals surface area contributed by atoms with E-state index in [0.717, 1.165) is 43.8 Å². The van der Waals surface area contributed by atoms with Crippen LogP contribution in [0, 0.1) is 34.0 Å². The summed E-state index contributed by atoms with van der Waals surface area (Å²) in [4.78, 5) is 0. The number of para-hydroxylation sites is 1. The quantitative estimate of drug-likeness (QED) is 0.138. The first kappa shape index (κ1) is 30.4. The van der Waals surface area contributed by atoms with E-state index in [1.807, 2.05) is 60.7 Å². The SMILES string of the molecule is N#Cc1cc(-c2ccc([Si](c3ccccc3)(c3ccccc3)c3ccccc3)cc2C#N)cc(-n2c3ccccc3c3cc(C#N)ccc32)c1. The van der Waals surface area contributed by atoms with E-state index in [0.29, 0.717) is 16.7 Å². The molecule has 1 heterocycles. The van der Waals surface area contributed by atoms with E-state index in [2.05, 4.69) is 132 Å². The Kier molecular flexibility index (Phi) is 7.63. The maximum atomic E-state index is 10.8. The van der Waals surface area contributed by atoms with Gasteiger partial charge in [0.1, 0.15) is 0 Å². The average Bonchev–Trinajstić information content (AvgIpc) is 3.53. The smallest absolute Gasteiger partial charge is 0.179 e. The lowest BCUT2D eigenvalue weighted by Crippen LogP contribution is -2.74. The van der Waals surface area contributed by atoms with Crippen molar-refractivity contribution in [1.29, 1.82) is 15.8 Å². The molecule has 7 aromatic carbocycles. The molecule has 50 heavy (non-hydrogen) atoms. The van der Waals surface area contributed by atoms with Crippen molar-refractivity contribution in [1.82, 2.24) is 4.57 Å². The maximum Gasteiger partial charge on any atom is 0.179 e. The lowest BCUT2D eigenvalue weighted by molar-refractivity contribution is 1.18. The lowest BCUT2D eigenvalue weighted by Gasteiger charge is -2.34. The number of nitrogens with zero attached hydrogens (tertiary/aromatic N) is 4. The van der Waals surface area contributed by atoms with Gasteiger partial charge in [-0.25, -0.2) is 0 Å². The van der Waals surface area contributed by atoms with Gasteiger partial charge < -0.3 is 4.57 Å². The second kappa shape index (κ2) is 12.6. The zero-order valence-corrected chi connectivity index (χ0v) is 28.0. The van der Waals surface area contributed by atoms with Gasteiger partial charge in [-0.1, -0.05) is 121 Å². The zero-order chi connectivity index (χ0) is 34.1. The fraction of sp³-hybridized carbons (Fsp3) is 0. The van der Waals surface area contributed by atoms with Crippen LogP contribution in [0.4, 0.5) is 0 Å². The van der Waals surface area contributed by atoms with Crippen LogP contribution in [0.3, 0.4) is 0 Å². The highest BCUT2D eigenvalue weighted by molar-refractivity contribution is 7.19. The summed E-state index contributed by atoms with van der Waals surface area (Å²) in [5, 5.41) is 37.4. The Hall–Kier alpha value is -6.97. The molecule has 5 heteroatoms. The highest BCUT2D eigenvalue weighted by atomic mass is 28.3.